The second kappa shape index (κ2) is 5.34. The van der Waals surface area contributed by atoms with Crippen LogP contribution in [0.3, 0.4) is 0 Å². The average molecular weight is 215 g/mol. The van der Waals surface area contributed by atoms with E-state index >= 15 is 0 Å². The standard InChI is InChI=1S/C9H11N3O2.Na/c13-10-12(14)11-6-5-8-3-1-2-4-9(8)7-11;/h1-4,13H,5-7H2;/q;+1/p-1/b12-10-;. The molecular formula is C9H10N3NaO2. The molecule has 5 nitrogen and oxygen atoms in total. The second-order valence-electron chi connectivity index (χ2n) is 3.24. The van der Waals surface area contributed by atoms with Crippen molar-refractivity contribution in [1.29, 1.82) is 0 Å². The van der Waals surface area contributed by atoms with E-state index in [1.807, 2.05) is 24.3 Å². The Hall–Kier alpha value is -0.780. The number of hydrogen-bond donors (Lipinski definition) is 0. The van der Waals surface area contributed by atoms with Crippen molar-refractivity contribution in [3.63, 3.8) is 0 Å². The zero-order valence-electron chi connectivity index (χ0n) is 8.59. The molecule has 1 aliphatic rings. The zero-order chi connectivity index (χ0) is 9.97. The summed E-state index contributed by atoms with van der Waals surface area (Å²) < 4.78 is 0. The van der Waals surface area contributed by atoms with Crippen molar-refractivity contribution in [2.45, 2.75) is 13.0 Å². The number of hydrogen-bond acceptors (Lipinski definition) is 3. The Bertz CT molecular complexity index is 370. The number of rotatable bonds is 1. The first kappa shape index (κ1) is 12.3. The predicted molar refractivity (Wildman–Crippen MR) is 50.0 cm³/mol. The van der Waals surface area contributed by atoms with Gasteiger partial charge < -0.3 is 10.4 Å². The van der Waals surface area contributed by atoms with Gasteiger partial charge >= 0.3 is 29.6 Å². The molecule has 1 aliphatic heterocycles. The van der Waals surface area contributed by atoms with Crippen molar-refractivity contribution in [3.05, 3.63) is 45.8 Å². The molecule has 0 spiro atoms. The first-order chi connectivity index (χ1) is 6.81. The maximum Gasteiger partial charge on any atom is 1.00 e. The Labute approximate surface area is 110 Å². The molecule has 15 heavy (non-hydrogen) atoms. The summed E-state index contributed by atoms with van der Waals surface area (Å²) in [6.07, 6.45) is 0.782. The molecule has 0 bridgehead atoms. The maximum absolute atomic E-state index is 10.9. The quantitative estimate of drug-likeness (QED) is 0.246. The fourth-order valence-electron chi connectivity index (χ4n) is 1.68. The van der Waals surface area contributed by atoms with E-state index in [1.165, 1.54) is 10.6 Å². The van der Waals surface area contributed by atoms with Crippen LogP contribution in [0.4, 0.5) is 0 Å². The minimum Gasteiger partial charge on any atom is -0.737 e. The summed E-state index contributed by atoms with van der Waals surface area (Å²) in [4.78, 5) is 0.121. The van der Waals surface area contributed by atoms with E-state index in [0.717, 1.165) is 12.0 Å². The number of hydrazine groups is 1. The van der Waals surface area contributed by atoms with Crippen LogP contribution in [0.2, 0.25) is 0 Å². The minimum atomic E-state index is 0. The van der Waals surface area contributed by atoms with Crippen LogP contribution < -0.4 is 29.6 Å². The molecule has 0 saturated carbocycles. The topological polar surface area (TPSA) is 64.7 Å². The third kappa shape index (κ3) is 2.62. The Morgan fingerprint density at radius 1 is 1.27 bits per heavy atom. The van der Waals surface area contributed by atoms with Crippen molar-refractivity contribution in [1.82, 2.24) is 5.01 Å². The van der Waals surface area contributed by atoms with E-state index in [0.29, 0.717) is 13.1 Å². The molecule has 74 valence electrons. The molecule has 0 unspecified atom stereocenters. The largest absolute Gasteiger partial charge is 1.00 e. The van der Waals surface area contributed by atoms with Crippen LogP contribution in [0, 0.1) is 10.4 Å². The van der Waals surface area contributed by atoms with Gasteiger partial charge in [-0.05, 0) is 22.8 Å². The van der Waals surface area contributed by atoms with Crippen LogP contribution in [0.15, 0.2) is 29.5 Å². The van der Waals surface area contributed by atoms with E-state index in [2.05, 4.69) is 5.28 Å². The van der Waals surface area contributed by atoms with Crippen LogP contribution in [0.5, 0.6) is 0 Å². The second-order valence-corrected chi connectivity index (χ2v) is 3.24. The minimum absolute atomic E-state index is 0. The number of fused-ring (bicyclic) bond motifs is 1. The number of nitrogens with zero attached hydrogens (tertiary/aromatic N) is 3. The van der Waals surface area contributed by atoms with Crippen LogP contribution in [0.25, 0.3) is 0 Å². The van der Waals surface area contributed by atoms with Crippen molar-refractivity contribution < 1.29 is 34.5 Å². The third-order valence-electron chi connectivity index (χ3n) is 2.42. The summed E-state index contributed by atoms with van der Waals surface area (Å²) in [6.45, 7) is 1.01. The summed E-state index contributed by atoms with van der Waals surface area (Å²) >= 11 is 0. The van der Waals surface area contributed by atoms with Gasteiger partial charge in [0, 0.05) is 4.97 Å². The first-order valence-corrected chi connectivity index (χ1v) is 4.43. The summed E-state index contributed by atoms with van der Waals surface area (Å²) in [7, 11) is 0. The monoisotopic (exact) mass is 215 g/mol. The molecule has 0 radical (unpaired) electrons. The SMILES string of the molecule is [Na+].[O-]/N=[N+](\[O-])N1CCc2ccccc2C1. The third-order valence-corrected chi connectivity index (χ3v) is 2.42. The maximum atomic E-state index is 10.9. The van der Waals surface area contributed by atoms with Gasteiger partial charge in [0.25, 0.3) is 0 Å². The molecule has 6 heteroatoms. The number of benzene rings is 1. The molecule has 0 saturated heterocycles. The predicted octanol–water partition coefficient (Wildman–Crippen LogP) is -1.58. The first-order valence-electron chi connectivity index (χ1n) is 4.43. The Kier molecular flexibility index (Phi) is 4.38. The fraction of sp³-hybridized carbons (Fsp3) is 0.333. The molecule has 1 aromatic rings. The van der Waals surface area contributed by atoms with Crippen LogP contribution in [-0.4, -0.2) is 16.5 Å². The van der Waals surface area contributed by atoms with E-state index in [-0.39, 0.29) is 34.5 Å². The van der Waals surface area contributed by atoms with Crippen molar-refractivity contribution >= 4 is 0 Å². The van der Waals surface area contributed by atoms with E-state index in [4.69, 9.17) is 0 Å². The molecule has 0 fully saturated rings. The molecule has 0 amide bonds. The van der Waals surface area contributed by atoms with Gasteiger partial charge in [-0.25, -0.2) is 0 Å². The van der Waals surface area contributed by atoms with Crippen LogP contribution in [0.1, 0.15) is 11.1 Å². The van der Waals surface area contributed by atoms with Crippen LogP contribution >= 0.6 is 0 Å². The summed E-state index contributed by atoms with van der Waals surface area (Å²) in [5.74, 6) is 0. The van der Waals surface area contributed by atoms with Crippen molar-refractivity contribution in [2.75, 3.05) is 6.54 Å². The van der Waals surface area contributed by atoms with E-state index in [9.17, 15) is 10.4 Å². The van der Waals surface area contributed by atoms with Crippen molar-refractivity contribution in [3.8, 4) is 0 Å². The summed E-state index contributed by atoms with van der Waals surface area (Å²) in [6, 6.07) is 7.89. The average Bonchev–Trinajstić information content (AvgIpc) is 2.27. The van der Waals surface area contributed by atoms with E-state index in [1.54, 1.807) is 0 Å². The zero-order valence-corrected chi connectivity index (χ0v) is 10.6. The molecule has 1 heterocycles. The van der Waals surface area contributed by atoms with Gasteiger partial charge in [-0.2, -0.15) is 0 Å². The van der Waals surface area contributed by atoms with Gasteiger partial charge in [-0.3, -0.25) is 0 Å². The summed E-state index contributed by atoms with van der Waals surface area (Å²) in [5, 5.41) is 24.7. The van der Waals surface area contributed by atoms with Gasteiger partial charge in [0.05, 0.1) is 6.54 Å². The van der Waals surface area contributed by atoms with Gasteiger partial charge in [0.1, 0.15) is 6.54 Å². The van der Waals surface area contributed by atoms with Crippen LogP contribution in [-0.2, 0) is 13.0 Å². The molecule has 0 aliphatic carbocycles. The smallest absolute Gasteiger partial charge is 0.737 e. The van der Waals surface area contributed by atoms with Gasteiger partial charge in [-0.15, -0.1) is 5.01 Å². The fourth-order valence-corrected chi connectivity index (χ4v) is 1.68. The Balaban J connectivity index is 0.00000112. The Morgan fingerprint density at radius 2 is 1.93 bits per heavy atom. The summed E-state index contributed by atoms with van der Waals surface area (Å²) in [5.41, 5.74) is 2.33. The molecule has 0 aromatic heterocycles. The van der Waals surface area contributed by atoms with Gasteiger partial charge in [0.2, 0.25) is 0 Å². The molecule has 0 atom stereocenters. The Morgan fingerprint density at radius 3 is 2.60 bits per heavy atom. The molecular weight excluding hydrogens is 205 g/mol. The van der Waals surface area contributed by atoms with Gasteiger partial charge in [0.15, 0.2) is 0 Å². The van der Waals surface area contributed by atoms with Crippen molar-refractivity contribution in [2.24, 2.45) is 5.28 Å². The molecule has 2 rings (SSSR count). The molecule has 0 N–H and O–H groups in total. The van der Waals surface area contributed by atoms with Gasteiger partial charge in [-0.1, -0.05) is 24.3 Å². The normalized spacial score (nSPS) is 15.5. The molecule has 1 aromatic carbocycles. The van der Waals surface area contributed by atoms with E-state index < -0.39 is 0 Å².